The average molecular weight is 414 g/mol. The second kappa shape index (κ2) is 7.25. The number of rotatable bonds is 4. The van der Waals surface area contributed by atoms with Gasteiger partial charge < -0.3 is 10.2 Å². The van der Waals surface area contributed by atoms with Crippen molar-refractivity contribution in [3.63, 3.8) is 0 Å². The van der Waals surface area contributed by atoms with Crippen molar-refractivity contribution in [3.8, 4) is 39.6 Å². The Morgan fingerprint density at radius 2 is 1.80 bits per heavy atom. The molecule has 0 aliphatic heterocycles. The maximum absolute atomic E-state index is 13.7. The highest BCUT2D eigenvalue weighted by atomic mass is 19.4. The van der Waals surface area contributed by atoms with Crippen LogP contribution in [0, 0.1) is 0 Å². The first-order valence-electron chi connectivity index (χ1n) is 9.10. The Hall–Kier alpha value is -3.75. The molecule has 0 fully saturated rings. The molecular formula is C21H17F3N4O2. The maximum atomic E-state index is 13.7. The molecule has 0 amide bonds. The van der Waals surface area contributed by atoms with Crippen molar-refractivity contribution >= 4 is 0 Å². The number of aromatic hydroxyl groups is 2. The van der Waals surface area contributed by atoms with Crippen LogP contribution in [-0.2, 0) is 12.6 Å². The number of benzene rings is 2. The minimum Gasteiger partial charge on any atom is -0.508 e. The molecule has 0 unspecified atom stereocenters. The van der Waals surface area contributed by atoms with Crippen LogP contribution in [0.25, 0.3) is 28.1 Å². The summed E-state index contributed by atoms with van der Waals surface area (Å²) in [4.78, 5) is 0. The fraction of sp³-hybridized carbons (Fsp3) is 0.143. The molecule has 6 nitrogen and oxygen atoms in total. The number of aromatic amines is 1. The summed E-state index contributed by atoms with van der Waals surface area (Å²) >= 11 is 0. The Labute approximate surface area is 169 Å². The van der Waals surface area contributed by atoms with Crippen LogP contribution in [-0.4, -0.2) is 30.2 Å². The lowest BCUT2D eigenvalue weighted by Gasteiger charge is -2.10. The molecule has 0 spiro atoms. The summed E-state index contributed by atoms with van der Waals surface area (Å²) in [6.07, 6.45) is -1.49. The van der Waals surface area contributed by atoms with E-state index in [0.717, 1.165) is 6.07 Å². The van der Waals surface area contributed by atoms with Gasteiger partial charge in [-0.3, -0.25) is 5.10 Å². The topological polar surface area (TPSA) is 87.0 Å². The van der Waals surface area contributed by atoms with E-state index in [2.05, 4.69) is 15.3 Å². The Kier molecular flexibility index (Phi) is 4.73. The van der Waals surface area contributed by atoms with Gasteiger partial charge in [0.2, 0.25) is 0 Å². The smallest absolute Gasteiger partial charge is 0.433 e. The Balaban J connectivity index is 1.92. The highest BCUT2D eigenvalue weighted by Crippen LogP contribution is 2.44. The van der Waals surface area contributed by atoms with Crippen molar-refractivity contribution in [3.05, 3.63) is 66.1 Å². The van der Waals surface area contributed by atoms with E-state index >= 15 is 0 Å². The number of phenols is 2. The molecule has 0 bridgehead atoms. The van der Waals surface area contributed by atoms with E-state index in [1.807, 2.05) is 6.07 Å². The van der Waals surface area contributed by atoms with Crippen molar-refractivity contribution in [2.75, 3.05) is 0 Å². The molecule has 2 aromatic carbocycles. The number of phenolic OH excluding ortho intramolecular Hbond substituents is 2. The third kappa shape index (κ3) is 3.38. The highest BCUT2D eigenvalue weighted by molar-refractivity contribution is 5.85. The summed E-state index contributed by atoms with van der Waals surface area (Å²) in [6.45, 7) is 1.78. The number of para-hydroxylation sites is 1. The van der Waals surface area contributed by atoms with Gasteiger partial charge in [-0.25, -0.2) is 4.68 Å². The molecule has 30 heavy (non-hydrogen) atoms. The lowest BCUT2D eigenvalue weighted by molar-refractivity contribution is -0.140. The SMILES string of the molecule is CCc1cc(-c2n[nH]c(C(F)(F)F)c2-c2cnn(-c3ccccc3)c2)c(O)cc1O. The Morgan fingerprint density at radius 1 is 1.07 bits per heavy atom. The third-order valence-electron chi connectivity index (χ3n) is 4.77. The van der Waals surface area contributed by atoms with Crippen LogP contribution in [0.5, 0.6) is 11.5 Å². The van der Waals surface area contributed by atoms with E-state index in [9.17, 15) is 23.4 Å². The molecule has 0 saturated carbocycles. The minimum atomic E-state index is -4.70. The molecule has 0 saturated heterocycles. The summed E-state index contributed by atoms with van der Waals surface area (Å²) in [5.41, 5.74) is 0.0678. The number of hydrogen-bond donors (Lipinski definition) is 3. The summed E-state index contributed by atoms with van der Waals surface area (Å²) in [5, 5.41) is 30.3. The number of halogens is 3. The molecule has 4 aromatic rings. The standard InChI is InChI=1S/C21H17F3N4O2/c1-2-12-8-15(17(30)9-16(12)29)19-18(20(27-26-19)21(22,23)24)13-10-25-28(11-13)14-6-4-3-5-7-14/h3-11,29-30H,2H2,1H3,(H,26,27). The van der Waals surface area contributed by atoms with Crippen molar-refractivity contribution in [1.82, 2.24) is 20.0 Å². The van der Waals surface area contributed by atoms with Crippen molar-refractivity contribution in [1.29, 1.82) is 0 Å². The first-order valence-corrected chi connectivity index (χ1v) is 9.10. The van der Waals surface area contributed by atoms with Gasteiger partial charge >= 0.3 is 6.18 Å². The van der Waals surface area contributed by atoms with E-state index in [0.29, 0.717) is 17.7 Å². The molecule has 0 radical (unpaired) electrons. The normalized spacial score (nSPS) is 11.7. The predicted molar refractivity (Wildman–Crippen MR) is 104 cm³/mol. The van der Waals surface area contributed by atoms with Gasteiger partial charge in [0.05, 0.1) is 11.9 Å². The summed E-state index contributed by atoms with van der Waals surface area (Å²) < 4.78 is 42.6. The zero-order valence-electron chi connectivity index (χ0n) is 15.8. The summed E-state index contributed by atoms with van der Waals surface area (Å²) in [7, 11) is 0. The quantitative estimate of drug-likeness (QED) is 0.442. The monoisotopic (exact) mass is 414 g/mol. The lowest BCUT2D eigenvalue weighted by atomic mass is 9.98. The van der Waals surface area contributed by atoms with Crippen LogP contribution in [0.2, 0.25) is 0 Å². The zero-order valence-corrected chi connectivity index (χ0v) is 15.8. The average Bonchev–Trinajstić information content (AvgIpc) is 3.35. The first-order chi connectivity index (χ1) is 14.3. The van der Waals surface area contributed by atoms with Gasteiger partial charge in [0.15, 0.2) is 0 Å². The van der Waals surface area contributed by atoms with E-state index in [4.69, 9.17) is 0 Å². The van der Waals surface area contributed by atoms with E-state index in [1.165, 1.54) is 23.1 Å². The molecule has 4 rings (SSSR count). The number of alkyl halides is 3. The molecule has 0 aliphatic rings. The summed E-state index contributed by atoms with van der Waals surface area (Å²) in [5.74, 6) is -0.509. The Morgan fingerprint density at radius 3 is 2.47 bits per heavy atom. The number of nitrogens with zero attached hydrogens (tertiary/aromatic N) is 3. The summed E-state index contributed by atoms with van der Waals surface area (Å²) in [6, 6.07) is 11.5. The number of H-pyrrole nitrogens is 1. The van der Waals surface area contributed by atoms with Crippen molar-refractivity contribution in [2.45, 2.75) is 19.5 Å². The fourth-order valence-corrected chi connectivity index (χ4v) is 3.29. The number of aromatic nitrogens is 4. The predicted octanol–water partition coefficient (Wildman–Crippen LogP) is 4.92. The van der Waals surface area contributed by atoms with Gasteiger partial charge in [-0.2, -0.15) is 23.4 Å². The van der Waals surface area contributed by atoms with Crippen LogP contribution in [0.4, 0.5) is 13.2 Å². The van der Waals surface area contributed by atoms with Crippen molar-refractivity contribution < 1.29 is 23.4 Å². The second-order valence-electron chi connectivity index (χ2n) is 6.68. The van der Waals surface area contributed by atoms with Gasteiger partial charge in [-0.15, -0.1) is 0 Å². The zero-order chi connectivity index (χ0) is 21.5. The number of hydrogen-bond acceptors (Lipinski definition) is 4. The maximum Gasteiger partial charge on any atom is 0.433 e. The van der Waals surface area contributed by atoms with Crippen LogP contribution in [0.1, 0.15) is 18.2 Å². The van der Waals surface area contributed by atoms with E-state index in [1.54, 1.807) is 31.2 Å². The van der Waals surface area contributed by atoms with Gasteiger partial charge in [-0.1, -0.05) is 25.1 Å². The first kappa shape index (κ1) is 19.6. The lowest BCUT2D eigenvalue weighted by Crippen LogP contribution is -2.07. The molecule has 154 valence electrons. The molecular weight excluding hydrogens is 397 g/mol. The molecule has 0 atom stereocenters. The van der Waals surface area contributed by atoms with Crippen molar-refractivity contribution in [2.24, 2.45) is 0 Å². The molecule has 2 aromatic heterocycles. The van der Waals surface area contributed by atoms with Crippen LogP contribution in [0.15, 0.2) is 54.9 Å². The number of nitrogens with one attached hydrogen (secondary N) is 1. The molecule has 3 N–H and O–H groups in total. The number of aryl methyl sites for hydroxylation is 1. The van der Waals surface area contributed by atoms with Crippen LogP contribution < -0.4 is 0 Å². The fourth-order valence-electron chi connectivity index (χ4n) is 3.29. The van der Waals surface area contributed by atoms with Gasteiger partial charge in [0, 0.05) is 29.0 Å². The molecule has 0 aliphatic carbocycles. The molecule has 9 heteroatoms. The van der Waals surface area contributed by atoms with Crippen LogP contribution >= 0.6 is 0 Å². The van der Waals surface area contributed by atoms with Crippen LogP contribution in [0.3, 0.4) is 0 Å². The van der Waals surface area contributed by atoms with Gasteiger partial charge in [0.1, 0.15) is 22.9 Å². The van der Waals surface area contributed by atoms with Gasteiger partial charge in [0.25, 0.3) is 0 Å². The minimum absolute atomic E-state index is 0.0814. The Bertz CT molecular complexity index is 1200. The third-order valence-corrected chi connectivity index (χ3v) is 4.77. The van der Waals surface area contributed by atoms with Gasteiger partial charge in [-0.05, 0) is 30.2 Å². The second-order valence-corrected chi connectivity index (χ2v) is 6.68. The van der Waals surface area contributed by atoms with E-state index in [-0.39, 0.29) is 33.9 Å². The largest absolute Gasteiger partial charge is 0.508 e. The van der Waals surface area contributed by atoms with E-state index < -0.39 is 11.9 Å². The molecule has 2 heterocycles. The highest BCUT2D eigenvalue weighted by Gasteiger charge is 2.38.